The number of hydrogen-bond donors (Lipinski definition) is 0. The smallest absolute Gasteiger partial charge is 0.261 e. The monoisotopic (exact) mass is 861 g/mol. The minimum Gasteiger partial charge on any atom is -0.497 e. The molecule has 10 heteroatoms. The number of hydrogen-bond acceptors (Lipinski definition) is 9. The molecule has 3 aliphatic rings. The highest BCUT2D eigenvalue weighted by atomic mass is 28.4. The lowest BCUT2D eigenvalue weighted by molar-refractivity contribution is -0.411. The van der Waals surface area contributed by atoms with Crippen molar-refractivity contribution in [2.75, 3.05) is 27.6 Å². The first-order chi connectivity index (χ1) is 29.1. The molecule has 1 unspecified atom stereocenters. The van der Waals surface area contributed by atoms with Crippen molar-refractivity contribution >= 4 is 18.7 Å². The van der Waals surface area contributed by atoms with Crippen LogP contribution >= 0.6 is 0 Å². The van der Waals surface area contributed by atoms with Crippen LogP contribution in [0.3, 0.4) is 0 Å². The van der Waals surface area contributed by atoms with Gasteiger partial charge in [-0.15, -0.1) is 0 Å². The predicted octanol–water partition coefficient (Wildman–Crippen LogP) is 9.67. The summed E-state index contributed by atoms with van der Waals surface area (Å²) in [4.78, 5) is 0. The number of ether oxygens (including phenoxy) is 8. The van der Waals surface area contributed by atoms with Crippen molar-refractivity contribution < 1.29 is 42.3 Å². The van der Waals surface area contributed by atoms with E-state index in [-0.39, 0.29) is 66.2 Å². The Morgan fingerprint density at radius 2 is 1.44 bits per heavy atom. The van der Waals surface area contributed by atoms with E-state index in [0.29, 0.717) is 25.6 Å². The molecule has 0 N–H and O–H groups in total. The van der Waals surface area contributed by atoms with Crippen LogP contribution in [0, 0.1) is 23.7 Å². The van der Waals surface area contributed by atoms with Crippen molar-refractivity contribution in [2.45, 2.75) is 161 Å². The van der Waals surface area contributed by atoms with Crippen molar-refractivity contribution in [2.24, 2.45) is 23.7 Å². The molecular weight excluding hydrogens is 785 g/mol. The highest BCUT2D eigenvalue weighted by Gasteiger charge is 2.61. The minimum absolute atomic E-state index is 0.0415. The van der Waals surface area contributed by atoms with E-state index in [0.717, 1.165) is 37.0 Å². The van der Waals surface area contributed by atoms with Gasteiger partial charge in [-0.3, -0.25) is 0 Å². The lowest BCUT2D eigenvalue weighted by atomic mass is 9.73. The molecule has 6 rings (SSSR count). The third-order valence-corrected chi connectivity index (χ3v) is 19.0. The summed E-state index contributed by atoms with van der Waals surface area (Å²) in [6.07, 6.45) is 3.23. The Morgan fingerprint density at radius 1 is 0.820 bits per heavy atom. The summed E-state index contributed by atoms with van der Waals surface area (Å²) in [5, 5.41) is 2.39. The van der Waals surface area contributed by atoms with Crippen LogP contribution in [0.2, 0.25) is 5.04 Å². The van der Waals surface area contributed by atoms with E-state index >= 15 is 0 Å². The van der Waals surface area contributed by atoms with Gasteiger partial charge in [0.05, 0.1) is 44.7 Å². The molecule has 3 saturated heterocycles. The standard InChI is InChI=1S/C51H76O9Si/c1-13-40(46-33-56-50(9,10)57-46)26-29-44-37(4)48(54-32-39-24-27-41(53-12)28-25-39)38(5)51(58-44)47(55-34-52-11)30-35(2)45(59-51)31-36(3)60-61(49(6,7)8,42-20-16-14-17-21-42)43-22-18-15-19-23-43/h14-25,27-28,35-38,40,44-48H,13,26,29-34H2,1-12H3/t35-,36+,37+,38-,40+,44-,45-,46-,47?,48+,51+/m0/s1. The zero-order chi connectivity index (χ0) is 44.0. The lowest BCUT2D eigenvalue weighted by Crippen LogP contribution is -2.69. The van der Waals surface area contributed by atoms with E-state index in [9.17, 15) is 0 Å². The molecule has 0 aromatic heterocycles. The third-order valence-electron chi connectivity index (χ3n) is 13.8. The number of rotatable bonds is 18. The van der Waals surface area contributed by atoms with E-state index in [1.54, 1.807) is 14.2 Å². The molecule has 3 aromatic rings. The Morgan fingerprint density at radius 3 is 1.98 bits per heavy atom. The third kappa shape index (κ3) is 10.7. The maximum atomic E-state index is 7.64. The van der Waals surface area contributed by atoms with Crippen molar-refractivity contribution in [1.29, 1.82) is 0 Å². The Bertz CT molecular complexity index is 1730. The summed E-state index contributed by atoms with van der Waals surface area (Å²) in [5.41, 5.74) is 1.09. The zero-order valence-corrected chi connectivity index (χ0v) is 40.2. The van der Waals surface area contributed by atoms with Gasteiger partial charge in [0, 0.05) is 25.0 Å². The predicted molar refractivity (Wildman–Crippen MR) is 244 cm³/mol. The molecule has 61 heavy (non-hydrogen) atoms. The van der Waals surface area contributed by atoms with Crippen molar-refractivity contribution in [3.8, 4) is 5.75 Å². The van der Waals surface area contributed by atoms with Crippen LogP contribution in [0.5, 0.6) is 5.75 Å². The van der Waals surface area contributed by atoms with E-state index in [1.165, 1.54) is 10.4 Å². The summed E-state index contributed by atoms with van der Waals surface area (Å²) >= 11 is 0. The van der Waals surface area contributed by atoms with Gasteiger partial charge in [-0.1, -0.05) is 128 Å². The quantitative estimate of drug-likeness (QED) is 0.0918. The van der Waals surface area contributed by atoms with Crippen LogP contribution in [0.15, 0.2) is 84.9 Å². The average Bonchev–Trinajstić information content (AvgIpc) is 3.61. The van der Waals surface area contributed by atoms with E-state index in [1.807, 2.05) is 26.0 Å². The van der Waals surface area contributed by atoms with Gasteiger partial charge in [0.1, 0.15) is 18.6 Å². The topological polar surface area (TPSA) is 83.1 Å². The van der Waals surface area contributed by atoms with Gasteiger partial charge in [-0.05, 0) is 91.4 Å². The van der Waals surface area contributed by atoms with Crippen molar-refractivity contribution in [3.05, 3.63) is 90.5 Å². The van der Waals surface area contributed by atoms with E-state index < -0.39 is 19.9 Å². The van der Waals surface area contributed by atoms with Crippen molar-refractivity contribution in [3.63, 3.8) is 0 Å². The van der Waals surface area contributed by atoms with E-state index in [2.05, 4.69) is 128 Å². The molecule has 0 amide bonds. The largest absolute Gasteiger partial charge is 0.497 e. The summed E-state index contributed by atoms with van der Waals surface area (Å²) in [5.74, 6) is -0.442. The Kier molecular flexibility index (Phi) is 16.0. The fourth-order valence-corrected chi connectivity index (χ4v) is 15.1. The molecule has 0 saturated carbocycles. The minimum atomic E-state index is -2.81. The highest BCUT2D eigenvalue weighted by Crippen LogP contribution is 2.51. The molecule has 0 bridgehead atoms. The first-order valence-electron chi connectivity index (χ1n) is 22.9. The zero-order valence-electron chi connectivity index (χ0n) is 39.2. The molecule has 3 fully saturated rings. The molecule has 1 spiro atoms. The summed E-state index contributed by atoms with van der Waals surface area (Å²) in [6, 6.07) is 29.9. The van der Waals surface area contributed by atoms with Crippen LogP contribution in [-0.2, 0) is 44.2 Å². The van der Waals surface area contributed by atoms with Crippen LogP contribution in [-0.4, -0.2) is 84.1 Å². The fraction of sp³-hybridized carbons (Fsp3) is 0.647. The number of methoxy groups -OCH3 is 2. The molecule has 3 heterocycles. The summed E-state index contributed by atoms with van der Waals surface area (Å²) < 4.78 is 59.8. The first-order valence-corrected chi connectivity index (χ1v) is 24.8. The molecule has 11 atom stereocenters. The Hall–Kier alpha value is -2.64. The molecule has 0 aliphatic carbocycles. The molecule has 9 nitrogen and oxygen atoms in total. The molecular formula is C51H76O9Si. The average molecular weight is 861 g/mol. The van der Waals surface area contributed by atoms with Gasteiger partial charge in [-0.2, -0.15) is 0 Å². The maximum Gasteiger partial charge on any atom is 0.261 e. The molecule has 0 radical (unpaired) electrons. The van der Waals surface area contributed by atoms with Crippen molar-refractivity contribution in [1.82, 2.24) is 0 Å². The van der Waals surface area contributed by atoms with Gasteiger partial charge < -0.3 is 42.3 Å². The van der Waals surface area contributed by atoms with E-state index in [4.69, 9.17) is 42.3 Å². The van der Waals surface area contributed by atoms with Crippen LogP contribution in [0.25, 0.3) is 0 Å². The van der Waals surface area contributed by atoms with Gasteiger partial charge in [0.25, 0.3) is 8.32 Å². The van der Waals surface area contributed by atoms with Gasteiger partial charge in [0.15, 0.2) is 5.79 Å². The van der Waals surface area contributed by atoms with Crippen LogP contribution in [0.1, 0.15) is 107 Å². The first kappa shape index (κ1) is 47.8. The second-order valence-corrected chi connectivity index (χ2v) is 23.8. The van der Waals surface area contributed by atoms with Crippen LogP contribution in [0.4, 0.5) is 0 Å². The van der Waals surface area contributed by atoms with Gasteiger partial charge in [-0.25, -0.2) is 0 Å². The summed E-state index contributed by atoms with van der Waals surface area (Å²) in [7, 11) is 0.548. The maximum absolute atomic E-state index is 7.64. The lowest BCUT2D eigenvalue weighted by Gasteiger charge is -2.58. The summed E-state index contributed by atoms with van der Waals surface area (Å²) in [6.45, 7) is 23.5. The Labute approximate surface area is 368 Å². The SMILES string of the molecule is CC[C@H](CC[C@@H]1O[C@@]2(O[C@@H](C[C@@H](C)O[Si](c3ccccc3)(c3ccccc3)C(C)(C)C)[C@@H](C)CC2OCOC)[C@@H](C)[C@H](OCc2ccc(OC)cc2)[C@@H]1C)[C@@H]1COC(C)(C)O1. The second-order valence-electron chi connectivity index (χ2n) is 19.5. The molecule has 338 valence electrons. The molecule has 3 aromatic carbocycles. The second kappa shape index (κ2) is 20.5. The molecule has 3 aliphatic heterocycles. The normalized spacial score (nSPS) is 30.3. The van der Waals surface area contributed by atoms with Gasteiger partial charge in [0.2, 0.25) is 5.79 Å². The Balaban J connectivity index is 1.32. The fourth-order valence-electron chi connectivity index (χ4n) is 10.4. The number of benzene rings is 3. The van der Waals surface area contributed by atoms with Crippen LogP contribution < -0.4 is 15.1 Å². The highest BCUT2D eigenvalue weighted by molar-refractivity contribution is 6.99. The van der Waals surface area contributed by atoms with Gasteiger partial charge >= 0.3 is 0 Å².